The Kier molecular flexibility index (Phi) is 46.3. The van der Waals surface area contributed by atoms with Crippen LogP contribution in [0.5, 0.6) is 0 Å². The number of oxazole rings is 2. The van der Waals surface area contributed by atoms with Crippen LogP contribution in [0.15, 0.2) is 94.2 Å². The van der Waals surface area contributed by atoms with Gasteiger partial charge in [0, 0.05) is 113 Å². The van der Waals surface area contributed by atoms with E-state index in [1.165, 1.54) is 46.3 Å². The number of hydrogen-bond donors (Lipinski definition) is 0. The molecule has 10 rings (SSSR count). The van der Waals surface area contributed by atoms with E-state index in [4.69, 9.17) is 22.1 Å². The Bertz CT molecular complexity index is 3370. The van der Waals surface area contributed by atoms with Gasteiger partial charge >= 0.3 is 0 Å². The van der Waals surface area contributed by atoms with Crippen molar-refractivity contribution in [1.82, 2.24) is 40.3 Å². The van der Waals surface area contributed by atoms with Gasteiger partial charge in [0.05, 0.1) is 33.9 Å². The molecule has 10 heterocycles. The Morgan fingerprint density at radius 2 is 0.684 bits per heavy atom. The lowest BCUT2D eigenvalue weighted by Gasteiger charge is -2.15. The second-order valence-electron chi connectivity index (χ2n) is 38.7. The van der Waals surface area contributed by atoms with Crippen molar-refractivity contribution in [2.24, 2.45) is 0 Å². The average Bonchev–Trinajstić information content (AvgIpc) is 1.71. The molecule has 644 valence electrons. The van der Waals surface area contributed by atoms with Gasteiger partial charge in [0.15, 0.2) is 11.8 Å². The zero-order chi connectivity index (χ0) is 88.0. The maximum Gasteiger partial charge on any atom is 0.219 e. The fourth-order valence-electron chi connectivity index (χ4n) is 8.97. The van der Waals surface area contributed by atoms with Gasteiger partial charge in [-0.1, -0.05) is 305 Å². The first-order valence-corrected chi connectivity index (χ1v) is 46.4. The molecule has 18 heteroatoms. The Balaban J connectivity index is 0.000000633. The summed E-state index contributed by atoms with van der Waals surface area (Å²) in [6, 6.07) is 13.1. The van der Waals surface area contributed by atoms with E-state index in [2.05, 4.69) is 364 Å². The Morgan fingerprint density at radius 3 is 0.912 bits per heavy atom. The van der Waals surface area contributed by atoms with E-state index in [1.54, 1.807) is 28.9 Å². The second-order valence-corrected chi connectivity index (χ2v) is 43.8. The van der Waals surface area contributed by atoms with Crippen LogP contribution in [0.1, 0.15) is 508 Å². The van der Waals surface area contributed by atoms with E-state index >= 15 is 0 Å². The highest BCUT2D eigenvalue weighted by molar-refractivity contribution is 7.12. The number of nitrogens with zero attached hydrogens (tertiary/aromatic N) is 8. The number of hydrogen-bond acceptors (Lipinski definition) is 18. The van der Waals surface area contributed by atoms with Gasteiger partial charge in [-0.3, -0.25) is 0 Å². The highest BCUT2D eigenvalue weighted by atomic mass is 32.1. The minimum Gasteiger partial charge on any atom is -0.469 e. The largest absolute Gasteiger partial charge is 0.469 e. The fraction of sp³-hybridized carbons (Fsp3) is 0.667. The van der Waals surface area contributed by atoms with E-state index in [-0.39, 0.29) is 16.2 Å². The van der Waals surface area contributed by atoms with E-state index in [0.717, 1.165) is 62.3 Å². The van der Waals surface area contributed by atoms with Crippen LogP contribution in [0, 0.1) is 0 Å². The molecule has 13 nitrogen and oxygen atoms in total. The SMILES string of the molecule is CC(C)c1cc(C(C)(C)C)co1.CC(C)c1cc(C(C)(C)C)cs1.CC(C)c1ccc(C(C)C)o1.CC(C)c1ccc(C(C)C)s1.CC(C)c1cnc(C(C)C)o1.CC(C)c1cnc(C(C)C)s1.CC(C)c1nc(C(C)(C)C)co1.CC(C)c1nc(C(C)(C)C)cs1.CC(C)c1nnc(C(C)C)o1.CC(C)c1nnc(C(C)C)s1. The first kappa shape index (κ1) is 106. The average molecular weight is 1670 g/mol. The lowest BCUT2D eigenvalue weighted by molar-refractivity contribution is 0.417. The molecule has 0 radical (unpaired) electrons. The van der Waals surface area contributed by atoms with Gasteiger partial charge in [-0.25, -0.2) is 19.9 Å². The summed E-state index contributed by atoms with van der Waals surface area (Å²) in [4.78, 5) is 23.5. The predicted octanol–water partition coefficient (Wildman–Crippen LogP) is 33.5. The Labute approximate surface area is 715 Å². The highest BCUT2D eigenvalue weighted by Gasteiger charge is 2.23. The molecule has 10 aromatic rings. The zero-order valence-electron chi connectivity index (χ0n) is 79.8. The molecular weight excluding hydrogens is 1510 g/mol. The number of thiazole rings is 2. The molecule has 0 aliphatic carbocycles. The molecule has 0 bridgehead atoms. The summed E-state index contributed by atoms with van der Waals surface area (Å²) >= 11 is 9.17. The van der Waals surface area contributed by atoms with Crippen molar-refractivity contribution >= 4 is 56.7 Å². The highest BCUT2D eigenvalue weighted by Crippen LogP contribution is 2.35. The Hall–Kier alpha value is -5.66. The summed E-state index contributed by atoms with van der Waals surface area (Å²) in [6.07, 6.45) is 7.45. The molecule has 0 aromatic carbocycles. The summed E-state index contributed by atoms with van der Waals surface area (Å²) in [7, 11) is 0. The van der Waals surface area contributed by atoms with Crippen LogP contribution in [-0.2, 0) is 21.7 Å². The quantitative estimate of drug-likeness (QED) is 0.0897. The molecule has 0 spiro atoms. The number of furan rings is 2. The molecule has 0 N–H and O–H groups in total. The predicted molar refractivity (Wildman–Crippen MR) is 498 cm³/mol. The molecule has 114 heavy (non-hydrogen) atoms. The smallest absolute Gasteiger partial charge is 0.219 e. The van der Waals surface area contributed by atoms with Crippen molar-refractivity contribution in [3.63, 3.8) is 0 Å². The summed E-state index contributed by atoms with van der Waals surface area (Å²) in [6.45, 7) is 95.1. The molecule has 0 aliphatic heterocycles. The lowest BCUT2D eigenvalue weighted by Crippen LogP contribution is -2.11. The molecule has 0 saturated heterocycles. The third-order valence-electron chi connectivity index (χ3n) is 17.3. The van der Waals surface area contributed by atoms with E-state index < -0.39 is 0 Å². The topological polar surface area (TPSA) is 169 Å². The van der Waals surface area contributed by atoms with Crippen molar-refractivity contribution in [2.45, 2.75) is 421 Å². The van der Waals surface area contributed by atoms with Crippen molar-refractivity contribution in [3.8, 4) is 0 Å². The van der Waals surface area contributed by atoms with Gasteiger partial charge in [0.2, 0.25) is 11.8 Å². The molecular formula is C96H160N8O5S5. The maximum atomic E-state index is 5.61. The van der Waals surface area contributed by atoms with Gasteiger partial charge in [-0.05, 0) is 87.4 Å². The molecule has 0 amide bonds. The normalized spacial score (nSPS) is 11.9. The minimum absolute atomic E-state index is 0.0939. The number of rotatable bonds is 16. The Morgan fingerprint density at radius 1 is 0.263 bits per heavy atom. The van der Waals surface area contributed by atoms with Gasteiger partial charge in [0.1, 0.15) is 39.3 Å². The number of thiophene rings is 2. The summed E-state index contributed by atoms with van der Waals surface area (Å²) in [5.74, 6) is 15.6. The first-order chi connectivity index (χ1) is 52.3. The van der Waals surface area contributed by atoms with Gasteiger partial charge in [-0.15, -0.1) is 77.1 Å². The standard InChI is InChI=1S/C11H18O.C11H18S.C10H17NO.C10H17NS.C10H16O.C10H16S.C9H15NO.C9H15NS.C8H14N2O.C8H14N2S/c2*1-8(2)10-6-9(7-12-10)11(3,4)5;2*1-7(2)9-11-8(6-12-9)10(3,4)5;2*1-7(2)9-5-6-10(11-9)8(3)4;2*1-6(2)8-5-10-9(11-8)7(3)4;2*1-5(2)7-9-10-8(11-7)6(3)4/h2*6-8H,1-5H3;2*6-7H,1-5H3;2*5-8H,1-4H3;2*5-7H,1-4H3;2*5-6H,1-4H3. The number of aromatic nitrogens is 8. The molecule has 0 unspecified atom stereocenters. The van der Waals surface area contributed by atoms with Gasteiger partial charge in [0.25, 0.3) is 0 Å². The molecule has 0 saturated carbocycles. The summed E-state index contributed by atoms with van der Waals surface area (Å²) in [5.41, 5.74) is 5.81. The summed E-state index contributed by atoms with van der Waals surface area (Å²) in [5, 5.41) is 25.3. The molecule has 0 fully saturated rings. The van der Waals surface area contributed by atoms with Crippen molar-refractivity contribution in [3.05, 3.63) is 181 Å². The van der Waals surface area contributed by atoms with Crippen LogP contribution in [-0.4, -0.2) is 40.3 Å². The maximum absolute atomic E-state index is 5.61. The van der Waals surface area contributed by atoms with Crippen LogP contribution < -0.4 is 0 Å². The fourth-order valence-corrected chi connectivity index (χ4v) is 14.0. The van der Waals surface area contributed by atoms with Crippen molar-refractivity contribution in [1.29, 1.82) is 0 Å². The van der Waals surface area contributed by atoms with E-state index in [0.29, 0.717) is 100 Å². The van der Waals surface area contributed by atoms with Crippen molar-refractivity contribution in [2.75, 3.05) is 0 Å². The van der Waals surface area contributed by atoms with Crippen molar-refractivity contribution < 1.29 is 22.1 Å². The van der Waals surface area contributed by atoms with Gasteiger partial charge in [-0.2, -0.15) is 0 Å². The van der Waals surface area contributed by atoms with Crippen LogP contribution >= 0.6 is 56.7 Å². The van der Waals surface area contributed by atoms with Gasteiger partial charge < -0.3 is 22.1 Å². The zero-order valence-corrected chi connectivity index (χ0v) is 83.9. The second kappa shape index (κ2) is 49.7. The molecule has 0 atom stereocenters. The third-order valence-corrected chi connectivity index (χ3v) is 24.5. The van der Waals surface area contributed by atoms with E-state index in [1.807, 2.05) is 80.4 Å². The summed E-state index contributed by atoms with van der Waals surface area (Å²) < 4.78 is 27.3. The van der Waals surface area contributed by atoms with E-state index in [9.17, 15) is 0 Å². The minimum atomic E-state index is 0.0939. The first-order valence-electron chi connectivity index (χ1n) is 42.2. The van der Waals surface area contributed by atoms with Crippen LogP contribution in [0.2, 0.25) is 0 Å². The third kappa shape index (κ3) is 39.7. The van der Waals surface area contributed by atoms with Crippen LogP contribution in [0.25, 0.3) is 0 Å². The molecule has 10 aromatic heterocycles. The lowest BCUT2D eigenvalue weighted by atomic mass is 9.89. The molecule has 0 aliphatic rings. The van der Waals surface area contributed by atoms with Crippen LogP contribution in [0.3, 0.4) is 0 Å². The monoisotopic (exact) mass is 1670 g/mol. The van der Waals surface area contributed by atoms with Crippen LogP contribution in [0.4, 0.5) is 0 Å².